The fraction of sp³-hybridized carbons (Fsp3) is 0.500. The molecule has 0 saturated carbocycles. The van der Waals surface area contributed by atoms with E-state index in [0.29, 0.717) is 0 Å². The number of thiol groups is 1. The van der Waals surface area contributed by atoms with E-state index in [1.54, 1.807) is 0 Å². The molecule has 14 heavy (non-hydrogen) atoms. The summed E-state index contributed by atoms with van der Waals surface area (Å²) in [5.41, 5.74) is 2.88. The highest BCUT2D eigenvalue weighted by Crippen LogP contribution is 2.22. The van der Waals surface area contributed by atoms with Crippen LogP contribution < -0.4 is 5.32 Å². The van der Waals surface area contributed by atoms with E-state index in [2.05, 4.69) is 42.2 Å². The van der Waals surface area contributed by atoms with Gasteiger partial charge in [-0.05, 0) is 42.2 Å². The molecule has 1 fully saturated rings. The fourth-order valence-corrected chi connectivity index (χ4v) is 2.28. The van der Waals surface area contributed by atoms with Gasteiger partial charge in [-0.1, -0.05) is 24.3 Å². The first kappa shape index (κ1) is 10.1. The average molecular weight is 207 g/mol. The maximum absolute atomic E-state index is 4.24. The molecule has 1 N–H and O–H groups in total. The maximum Gasteiger partial charge on any atom is 0.00206 e. The minimum absolute atomic E-state index is 0.736. The molecule has 0 amide bonds. The summed E-state index contributed by atoms with van der Waals surface area (Å²) in [6, 6.07) is 9.03. The van der Waals surface area contributed by atoms with Crippen molar-refractivity contribution in [3.63, 3.8) is 0 Å². The Bertz CT molecular complexity index is 275. The topological polar surface area (TPSA) is 12.0 Å². The summed E-state index contributed by atoms with van der Waals surface area (Å²) in [4.78, 5) is 0. The van der Waals surface area contributed by atoms with Crippen molar-refractivity contribution in [1.29, 1.82) is 0 Å². The van der Waals surface area contributed by atoms with Crippen LogP contribution in [0, 0.1) is 0 Å². The number of hydrogen-bond donors (Lipinski definition) is 2. The second-order valence-electron chi connectivity index (χ2n) is 3.90. The van der Waals surface area contributed by atoms with Gasteiger partial charge in [-0.3, -0.25) is 0 Å². The molecule has 0 spiro atoms. The minimum atomic E-state index is 0.736. The van der Waals surface area contributed by atoms with Crippen LogP contribution in [0.4, 0.5) is 0 Å². The van der Waals surface area contributed by atoms with Crippen LogP contribution >= 0.6 is 12.6 Å². The van der Waals surface area contributed by atoms with Gasteiger partial charge in [0.25, 0.3) is 0 Å². The molecule has 1 unspecified atom stereocenters. The van der Waals surface area contributed by atoms with Crippen molar-refractivity contribution in [3.05, 3.63) is 35.4 Å². The lowest BCUT2D eigenvalue weighted by Crippen LogP contribution is -2.07. The Morgan fingerprint density at radius 1 is 1.29 bits per heavy atom. The maximum atomic E-state index is 4.24. The second kappa shape index (κ2) is 4.85. The summed E-state index contributed by atoms with van der Waals surface area (Å²) < 4.78 is 0. The number of benzene rings is 1. The standard InChI is InChI=1S/C12H17NS/c14-8-6-10-1-3-11(4-2-10)12-5-7-13-9-12/h1-4,12-14H,5-9H2. The lowest BCUT2D eigenvalue weighted by molar-refractivity contribution is 0.763. The first-order chi connectivity index (χ1) is 6.90. The van der Waals surface area contributed by atoms with E-state index in [0.717, 1.165) is 24.6 Å². The van der Waals surface area contributed by atoms with E-state index in [4.69, 9.17) is 0 Å². The predicted molar refractivity (Wildman–Crippen MR) is 64.2 cm³/mol. The van der Waals surface area contributed by atoms with E-state index in [1.807, 2.05) is 0 Å². The Kier molecular flexibility index (Phi) is 3.49. The van der Waals surface area contributed by atoms with Crippen LogP contribution in [0.15, 0.2) is 24.3 Å². The summed E-state index contributed by atoms with van der Waals surface area (Å²) in [6.45, 7) is 2.31. The molecule has 1 saturated heterocycles. The van der Waals surface area contributed by atoms with Crippen LogP contribution in [-0.2, 0) is 6.42 Å². The molecule has 0 aliphatic carbocycles. The molecule has 0 aromatic heterocycles. The smallest absolute Gasteiger partial charge is 0.00206 e. The first-order valence-corrected chi connectivity index (χ1v) is 5.94. The lowest BCUT2D eigenvalue weighted by Gasteiger charge is -2.09. The predicted octanol–water partition coefficient (Wildman–Crippen LogP) is 2.24. The van der Waals surface area contributed by atoms with Gasteiger partial charge in [0.1, 0.15) is 0 Å². The van der Waals surface area contributed by atoms with E-state index in [-0.39, 0.29) is 0 Å². The molecular weight excluding hydrogens is 190 g/mol. The van der Waals surface area contributed by atoms with Crippen LogP contribution in [0.2, 0.25) is 0 Å². The first-order valence-electron chi connectivity index (χ1n) is 5.30. The average Bonchev–Trinajstić information content (AvgIpc) is 2.72. The number of hydrogen-bond acceptors (Lipinski definition) is 2. The monoisotopic (exact) mass is 207 g/mol. The Morgan fingerprint density at radius 3 is 2.64 bits per heavy atom. The molecule has 1 aromatic rings. The van der Waals surface area contributed by atoms with Crippen molar-refractivity contribution < 1.29 is 0 Å². The van der Waals surface area contributed by atoms with Gasteiger partial charge in [0.15, 0.2) is 0 Å². The van der Waals surface area contributed by atoms with E-state index in [9.17, 15) is 0 Å². The molecule has 1 aromatic carbocycles. The molecule has 1 aliphatic heterocycles. The Balaban J connectivity index is 2.05. The van der Waals surface area contributed by atoms with Gasteiger partial charge in [0.2, 0.25) is 0 Å². The fourth-order valence-electron chi connectivity index (χ4n) is 2.02. The van der Waals surface area contributed by atoms with Crippen LogP contribution in [0.25, 0.3) is 0 Å². The zero-order valence-corrected chi connectivity index (χ0v) is 9.26. The zero-order valence-electron chi connectivity index (χ0n) is 8.37. The van der Waals surface area contributed by atoms with Crippen LogP contribution in [-0.4, -0.2) is 18.8 Å². The van der Waals surface area contributed by atoms with Gasteiger partial charge >= 0.3 is 0 Å². The highest BCUT2D eigenvalue weighted by molar-refractivity contribution is 7.80. The van der Waals surface area contributed by atoms with Crippen molar-refractivity contribution in [2.75, 3.05) is 18.8 Å². The molecule has 0 radical (unpaired) electrons. The number of nitrogens with one attached hydrogen (secondary N) is 1. The van der Waals surface area contributed by atoms with Crippen molar-refractivity contribution in [1.82, 2.24) is 5.32 Å². The summed E-state index contributed by atoms with van der Waals surface area (Å²) in [6.07, 6.45) is 2.36. The van der Waals surface area contributed by atoms with Crippen molar-refractivity contribution in [3.8, 4) is 0 Å². The van der Waals surface area contributed by atoms with E-state index < -0.39 is 0 Å². The summed E-state index contributed by atoms with van der Waals surface area (Å²) in [7, 11) is 0. The molecule has 2 rings (SSSR count). The molecule has 0 bridgehead atoms. The second-order valence-corrected chi connectivity index (χ2v) is 4.35. The van der Waals surface area contributed by atoms with E-state index >= 15 is 0 Å². The van der Waals surface area contributed by atoms with E-state index in [1.165, 1.54) is 24.1 Å². The van der Waals surface area contributed by atoms with Crippen LogP contribution in [0.3, 0.4) is 0 Å². The molecule has 1 nitrogen and oxygen atoms in total. The molecular formula is C12H17NS. The SMILES string of the molecule is SCCc1ccc(C2CCNC2)cc1. The summed E-state index contributed by atoms with van der Waals surface area (Å²) in [5.74, 6) is 1.67. The number of aryl methyl sites for hydroxylation is 1. The van der Waals surface area contributed by atoms with Gasteiger partial charge in [-0.15, -0.1) is 0 Å². The van der Waals surface area contributed by atoms with Crippen molar-refractivity contribution in [2.24, 2.45) is 0 Å². The van der Waals surface area contributed by atoms with Crippen molar-refractivity contribution in [2.45, 2.75) is 18.8 Å². The Hall–Kier alpha value is -0.470. The van der Waals surface area contributed by atoms with Gasteiger partial charge in [0.05, 0.1) is 0 Å². The highest BCUT2D eigenvalue weighted by Gasteiger charge is 2.15. The Labute approximate surface area is 91.3 Å². The zero-order chi connectivity index (χ0) is 9.80. The molecule has 76 valence electrons. The third-order valence-corrected chi connectivity index (χ3v) is 3.14. The van der Waals surface area contributed by atoms with Gasteiger partial charge in [-0.25, -0.2) is 0 Å². The quantitative estimate of drug-likeness (QED) is 0.724. The molecule has 1 aliphatic rings. The third kappa shape index (κ3) is 2.31. The molecule has 2 heteroatoms. The highest BCUT2D eigenvalue weighted by atomic mass is 32.1. The normalized spacial score (nSPS) is 21.4. The Morgan fingerprint density at radius 2 is 2.07 bits per heavy atom. The largest absolute Gasteiger partial charge is 0.316 e. The van der Waals surface area contributed by atoms with Crippen molar-refractivity contribution >= 4 is 12.6 Å². The van der Waals surface area contributed by atoms with Gasteiger partial charge in [-0.2, -0.15) is 12.6 Å². The third-order valence-electron chi connectivity index (χ3n) is 2.91. The van der Waals surface area contributed by atoms with Crippen LogP contribution in [0.5, 0.6) is 0 Å². The lowest BCUT2D eigenvalue weighted by atomic mass is 9.97. The van der Waals surface area contributed by atoms with Gasteiger partial charge in [0, 0.05) is 6.54 Å². The minimum Gasteiger partial charge on any atom is -0.316 e. The summed E-state index contributed by atoms with van der Waals surface area (Å²) in [5, 5.41) is 3.40. The molecule has 1 atom stereocenters. The summed E-state index contributed by atoms with van der Waals surface area (Å²) >= 11 is 4.24. The number of rotatable bonds is 3. The van der Waals surface area contributed by atoms with Gasteiger partial charge < -0.3 is 5.32 Å². The molecule has 1 heterocycles. The van der Waals surface area contributed by atoms with Crippen LogP contribution in [0.1, 0.15) is 23.5 Å².